The van der Waals surface area contributed by atoms with Gasteiger partial charge in [-0.05, 0) is 65.4 Å². The summed E-state index contributed by atoms with van der Waals surface area (Å²) < 4.78 is 0. The molecule has 10 heteroatoms. The van der Waals surface area contributed by atoms with Crippen molar-refractivity contribution in [3.05, 3.63) is 87.6 Å². The first-order valence-corrected chi connectivity index (χ1v) is 12.0. The number of rotatable bonds is 5. The maximum Gasteiger partial charge on any atom is 0.269 e. The van der Waals surface area contributed by atoms with Gasteiger partial charge in [0.1, 0.15) is 11.4 Å². The second-order valence-corrected chi connectivity index (χ2v) is 9.27. The fourth-order valence-corrected chi connectivity index (χ4v) is 4.93. The number of fused-ring (bicyclic) bond motifs is 1. The van der Waals surface area contributed by atoms with Crippen LogP contribution in [0.25, 0.3) is 32.2 Å². The zero-order valence-corrected chi connectivity index (χ0v) is 19.3. The van der Waals surface area contributed by atoms with Crippen LogP contribution >= 0.6 is 34.9 Å². The molecule has 0 aliphatic rings. The van der Waals surface area contributed by atoms with Crippen LogP contribution in [0.4, 0.5) is 17.1 Å². The molecule has 5 rings (SSSR count). The molecule has 3 heterocycles. The van der Waals surface area contributed by atoms with Crippen molar-refractivity contribution in [2.24, 2.45) is 0 Å². The predicted octanol–water partition coefficient (Wildman–Crippen LogP) is 6.80. The number of nitrogens with one attached hydrogen (secondary N) is 2. The Morgan fingerprint density at radius 2 is 1.39 bits per heavy atom. The third kappa shape index (κ3) is 4.58. The minimum Gasteiger partial charge on any atom is -0.332 e. The van der Waals surface area contributed by atoms with Crippen molar-refractivity contribution in [1.29, 1.82) is 0 Å². The number of nitro benzene ring substituents is 1. The van der Waals surface area contributed by atoms with E-state index in [1.807, 2.05) is 47.2 Å². The molecule has 0 atom stereocenters. The minimum absolute atomic E-state index is 0.0241. The number of thiocarbonyl (C=S) groups is 1. The van der Waals surface area contributed by atoms with Crippen molar-refractivity contribution in [2.75, 3.05) is 10.6 Å². The second-order valence-electron chi connectivity index (χ2n) is 6.96. The predicted molar refractivity (Wildman–Crippen MR) is 139 cm³/mol. The van der Waals surface area contributed by atoms with E-state index < -0.39 is 4.92 Å². The summed E-state index contributed by atoms with van der Waals surface area (Å²) in [6.07, 6.45) is 0. The van der Waals surface area contributed by atoms with Crippen molar-refractivity contribution in [1.82, 2.24) is 9.97 Å². The summed E-state index contributed by atoms with van der Waals surface area (Å²) in [7, 11) is 0. The first-order chi connectivity index (χ1) is 16.1. The highest BCUT2D eigenvalue weighted by atomic mass is 32.1. The van der Waals surface area contributed by atoms with Crippen molar-refractivity contribution < 1.29 is 4.92 Å². The van der Waals surface area contributed by atoms with Gasteiger partial charge in [0, 0.05) is 23.5 Å². The fraction of sp³-hybridized carbons (Fsp3) is 0. The lowest BCUT2D eigenvalue weighted by atomic mass is 10.2. The summed E-state index contributed by atoms with van der Waals surface area (Å²) in [6, 6.07) is 19.9. The summed E-state index contributed by atoms with van der Waals surface area (Å²) in [6.45, 7) is 0. The number of nitrogens with zero attached hydrogens (tertiary/aromatic N) is 3. The van der Waals surface area contributed by atoms with Gasteiger partial charge in [0.15, 0.2) is 5.11 Å². The van der Waals surface area contributed by atoms with Crippen molar-refractivity contribution in [3.63, 3.8) is 0 Å². The summed E-state index contributed by atoms with van der Waals surface area (Å²) >= 11 is 8.67. The Bertz CT molecular complexity index is 1450. The molecule has 162 valence electrons. The van der Waals surface area contributed by atoms with E-state index >= 15 is 0 Å². The maximum absolute atomic E-state index is 10.8. The molecule has 0 saturated carbocycles. The number of thiophene rings is 2. The van der Waals surface area contributed by atoms with Crippen LogP contribution in [-0.2, 0) is 0 Å². The molecule has 0 saturated heterocycles. The molecule has 5 aromatic rings. The van der Waals surface area contributed by atoms with E-state index in [-0.39, 0.29) is 5.69 Å². The molecular weight excluding hydrogens is 474 g/mol. The Morgan fingerprint density at radius 3 is 1.97 bits per heavy atom. The quantitative estimate of drug-likeness (QED) is 0.159. The van der Waals surface area contributed by atoms with Gasteiger partial charge in [-0.1, -0.05) is 12.1 Å². The van der Waals surface area contributed by atoms with E-state index in [1.54, 1.807) is 34.8 Å². The van der Waals surface area contributed by atoms with Gasteiger partial charge in [-0.2, -0.15) is 0 Å². The first-order valence-electron chi connectivity index (χ1n) is 9.79. The molecule has 3 aromatic heterocycles. The smallest absolute Gasteiger partial charge is 0.269 e. The van der Waals surface area contributed by atoms with Crippen LogP contribution in [0.1, 0.15) is 0 Å². The monoisotopic (exact) mass is 489 g/mol. The van der Waals surface area contributed by atoms with E-state index in [1.165, 1.54) is 12.1 Å². The standard InChI is InChI=1S/C23H15N5O2S3/c29-28(30)16-8-5-14(6-9-16)24-23(31)25-15-7-10-17-18(13-15)27-22(20-4-2-12-33-20)21(26-17)19-3-1-11-32-19/h1-13H,(H2,24,25,31). The Labute approximate surface area is 201 Å². The van der Waals surface area contributed by atoms with E-state index in [4.69, 9.17) is 22.2 Å². The third-order valence-corrected chi connectivity index (χ3v) is 6.72. The fourth-order valence-electron chi connectivity index (χ4n) is 3.26. The summed E-state index contributed by atoms with van der Waals surface area (Å²) in [4.78, 5) is 22.3. The highest BCUT2D eigenvalue weighted by Gasteiger charge is 2.15. The average molecular weight is 490 g/mol. The van der Waals surface area contributed by atoms with Gasteiger partial charge in [-0.15, -0.1) is 22.7 Å². The molecule has 0 spiro atoms. The molecular formula is C23H15N5O2S3. The Kier molecular flexibility index (Phi) is 5.78. The molecule has 0 bridgehead atoms. The number of benzene rings is 2. The van der Waals surface area contributed by atoms with Crippen LogP contribution in [0.2, 0.25) is 0 Å². The van der Waals surface area contributed by atoms with Gasteiger partial charge in [-0.3, -0.25) is 10.1 Å². The zero-order valence-electron chi connectivity index (χ0n) is 16.9. The van der Waals surface area contributed by atoms with Crippen LogP contribution < -0.4 is 10.6 Å². The van der Waals surface area contributed by atoms with Gasteiger partial charge < -0.3 is 10.6 Å². The number of hydrogen-bond acceptors (Lipinski definition) is 7. The number of aromatic nitrogens is 2. The average Bonchev–Trinajstić information content (AvgIpc) is 3.53. The lowest BCUT2D eigenvalue weighted by Gasteiger charge is -2.12. The normalized spacial score (nSPS) is 10.8. The molecule has 33 heavy (non-hydrogen) atoms. The number of hydrogen-bond donors (Lipinski definition) is 2. The summed E-state index contributed by atoms with van der Waals surface area (Å²) in [5, 5.41) is 21.4. The Morgan fingerprint density at radius 1 is 0.818 bits per heavy atom. The molecule has 0 unspecified atom stereocenters. The van der Waals surface area contributed by atoms with Crippen LogP contribution in [0.5, 0.6) is 0 Å². The number of anilines is 2. The van der Waals surface area contributed by atoms with Crippen LogP contribution in [0, 0.1) is 10.1 Å². The van der Waals surface area contributed by atoms with Gasteiger partial charge >= 0.3 is 0 Å². The molecule has 0 amide bonds. The molecule has 2 aromatic carbocycles. The maximum atomic E-state index is 10.8. The van der Waals surface area contributed by atoms with Crippen molar-refractivity contribution in [3.8, 4) is 21.1 Å². The molecule has 0 fully saturated rings. The molecule has 2 N–H and O–H groups in total. The van der Waals surface area contributed by atoms with E-state index in [0.717, 1.165) is 37.9 Å². The van der Waals surface area contributed by atoms with E-state index in [2.05, 4.69) is 16.7 Å². The molecule has 0 aliphatic heterocycles. The molecule has 0 aliphatic carbocycles. The van der Waals surface area contributed by atoms with E-state index in [9.17, 15) is 10.1 Å². The third-order valence-electron chi connectivity index (χ3n) is 4.77. The minimum atomic E-state index is -0.440. The van der Waals surface area contributed by atoms with Gasteiger partial charge in [-0.25, -0.2) is 9.97 Å². The lowest BCUT2D eigenvalue weighted by Crippen LogP contribution is -2.19. The van der Waals surface area contributed by atoms with Crippen LogP contribution in [0.15, 0.2) is 77.5 Å². The lowest BCUT2D eigenvalue weighted by molar-refractivity contribution is -0.384. The summed E-state index contributed by atoms with van der Waals surface area (Å²) in [5.74, 6) is 0. The Hall–Kier alpha value is -3.73. The Balaban J connectivity index is 1.42. The van der Waals surface area contributed by atoms with Crippen molar-refractivity contribution >= 4 is 68.1 Å². The number of non-ortho nitro benzene ring substituents is 1. The zero-order chi connectivity index (χ0) is 22.8. The van der Waals surface area contributed by atoms with Gasteiger partial charge in [0.2, 0.25) is 0 Å². The first kappa shape index (κ1) is 21.1. The number of nitro groups is 1. The van der Waals surface area contributed by atoms with Crippen molar-refractivity contribution in [2.45, 2.75) is 0 Å². The largest absolute Gasteiger partial charge is 0.332 e. The topological polar surface area (TPSA) is 93.0 Å². The highest BCUT2D eigenvalue weighted by molar-refractivity contribution is 7.80. The highest BCUT2D eigenvalue weighted by Crippen LogP contribution is 2.35. The van der Waals surface area contributed by atoms with Gasteiger partial charge in [0.05, 0.1) is 25.7 Å². The molecule has 0 radical (unpaired) electrons. The van der Waals surface area contributed by atoms with Crippen LogP contribution in [0.3, 0.4) is 0 Å². The molecule has 7 nitrogen and oxygen atoms in total. The second kappa shape index (κ2) is 9.02. The van der Waals surface area contributed by atoms with Gasteiger partial charge in [0.25, 0.3) is 5.69 Å². The van der Waals surface area contributed by atoms with E-state index in [0.29, 0.717) is 10.8 Å². The van der Waals surface area contributed by atoms with Crippen LogP contribution in [-0.4, -0.2) is 20.0 Å². The summed E-state index contributed by atoms with van der Waals surface area (Å²) in [5.41, 5.74) is 4.70. The SMILES string of the molecule is O=[N+]([O-])c1ccc(NC(=S)Nc2ccc3nc(-c4cccs4)c(-c4cccs4)nc3c2)cc1.